The molecule has 0 unspecified atom stereocenters. The van der Waals surface area contributed by atoms with Crippen LogP contribution < -0.4 is 9.47 Å². The molecule has 1 N–H and O–H groups in total. The number of methoxy groups -OCH3 is 2. The van der Waals surface area contributed by atoms with Crippen LogP contribution in [0, 0.1) is 12.8 Å². The van der Waals surface area contributed by atoms with Crippen molar-refractivity contribution in [3.05, 3.63) is 23.3 Å². The van der Waals surface area contributed by atoms with Crippen LogP contribution in [-0.4, -0.2) is 25.4 Å². The number of hydrogen-bond donors (Lipinski definition) is 1. The van der Waals surface area contributed by atoms with Gasteiger partial charge in [0.05, 0.1) is 20.3 Å². The Morgan fingerprint density at radius 1 is 1.11 bits per heavy atom. The minimum absolute atomic E-state index is 0.0873. The Balaban J connectivity index is 2.14. The maximum absolute atomic E-state index is 9.56. The molecular weight excluding hydrogens is 240 g/mol. The summed E-state index contributed by atoms with van der Waals surface area (Å²) in [5.74, 6) is 2.48. The summed E-state index contributed by atoms with van der Waals surface area (Å²) in [7, 11) is 3.40. The van der Waals surface area contributed by atoms with Crippen molar-refractivity contribution in [2.45, 2.75) is 45.1 Å². The zero-order valence-corrected chi connectivity index (χ0v) is 12.1. The molecule has 0 amide bonds. The highest BCUT2D eigenvalue weighted by molar-refractivity contribution is 5.49. The van der Waals surface area contributed by atoms with Gasteiger partial charge in [0.1, 0.15) is 11.5 Å². The van der Waals surface area contributed by atoms with E-state index in [0.717, 1.165) is 49.2 Å². The van der Waals surface area contributed by atoms with Gasteiger partial charge in [0.2, 0.25) is 0 Å². The molecule has 2 rings (SSSR count). The van der Waals surface area contributed by atoms with Gasteiger partial charge in [-0.3, -0.25) is 0 Å². The normalized spacial score (nSPS) is 23.2. The van der Waals surface area contributed by atoms with Gasteiger partial charge in [-0.05, 0) is 56.6 Å². The molecule has 3 heteroatoms. The van der Waals surface area contributed by atoms with Crippen molar-refractivity contribution in [3.8, 4) is 11.5 Å². The number of aliphatic hydroxyl groups is 1. The van der Waals surface area contributed by atoms with E-state index in [9.17, 15) is 5.11 Å². The molecule has 19 heavy (non-hydrogen) atoms. The van der Waals surface area contributed by atoms with Gasteiger partial charge in [-0.2, -0.15) is 0 Å². The van der Waals surface area contributed by atoms with Gasteiger partial charge in [0.25, 0.3) is 0 Å². The summed E-state index contributed by atoms with van der Waals surface area (Å²) in [4.78, 5) is 0. The number of ether oxygens (including phenoxy) is 2. The largest absolute Gasteiger partial charge is 0.496 e. The van der Waals surface area contributed by atoms with Crippen LogP contribution in [0.2, 0.25) is 0 Å². The van der Waals surface area contributed by atoms with E-state index >= 15 is 0 Å². The molecule has 0 radical (unpaired) electrons. The first-order valence-corrected chi connectivity index (χ1v) is 7.04. The maximum atomic E-state index is 9.56. The fourth-order valence-electron chi connectivity index (χ4n) is 3.06. The molecule has 1 aliphatic rings. The van der Waals surface area contributed by atoms with Crippen molar-refractivity contribution in [3.63, 3.8) is 0 Å². The van der Waals surface area contributed by atoms with Crippen LogP contribution in [-0.2, 0) is 6.42 Å². The predicted octanol–water partition coefficient (Wildman–Crippen LogP) is 3.11. The highest BCUT2D eigenvalue weighted by Crippen LogP contribution is 2.35. The average molecular weight is 264 g/mol. The highest BCUT2D eigenvalue weighted by atomic mass is 16.5. The standard InChI is InChI=1S/C16H24O3/c1-11-15(18-2)9-6-13(16(11)19-3)10-12-4-7-14(17)8-5-12/h6,9,12,14,17H,4-5,7-8,10H2,1-3H3. The van der Waals surface area contributed by atoms with Crippen molar-refractivity contribution >= 4 is 0 Å². The molecule has 0 bridgehead atoms. The van der Waals surface area contributed by atoms with E-state index in [1.807, 2.05) is 13.0 Å². The Kier molecular flexibility index (Phi) is 4.70. The van der Waals surface area contributed by atoms with E-state index in [0.29, 0.717) is 5.92 Å². The third-order valence-corrected chi connectivity index (χ3v) is 4.19. The fourth-order valence-corrected chi connectivity index (χ4v) is 3.06. The number of benzene rings is 1. The number of rotatable bonds is 4. The van der Waals surface area contributed by atoms with E-state index in [-0.39, 0.29) is 6.10 Å². The molecule has 0 saturated heterocycles. The zero-order valence-electron chi connectivity index (χ0n) is 12.1. The molecular formula is C16H24O3. The maximum Gasteiger partial charge on any atom is 0.128 e. The molecule has 0 spiro atoms. The average Bonchev–Trinajstić information content (AvgIpc) is 2.42. The first-order chi connectivity index (χ1) is 9.15. The van der Waals surface area contributed by atoms with Crippen molar-refractivity contribution in [1.29, 1.82) is 0 Å². The van der Waals surface area contributed by atoms with E-state index in [1.165, 1.54) is 5.56 Å². The van der Waals surface area contributed by atoms with Gasteiger partial charge in [-0.25, -0.2) is 0 Å². The van der Waals surface area contributed by atoms with Crippen LogP contribution in [0.4, 0.5) is 0 Å². The van der Waals surface area contributed by atoms with Crippen LogP contribution in [0.1, 0.15) is 36.8 Å². The van der Waals surface area contributed by atoms with E-state index < -0.39 is 0 Å². The summed E-state index contributed by atoms with van der Waals surface area (Å²) in [6.45, 7) is 2.03. The molecule has 0 heterocycles. The van der Waals surface area contributed by atoms with Crippen LogP contribution in [0.25, 0.3) is 0 Å². The summed E-state index contributed by atoms with van der Waals surface area (Å²) in [6, 6.07) is 4.13. The van der Waals surface area contributed by atoms with Gasteiger partial charge in [-0.15, -0.1) is 0 Å². The smallest absolute Gasteiger partial charge is 0.128 e. The first-order valence-electron chi connectivity index (χ1n) is 7.04. The number of hydrogen-bond acceptors (Lipinski definition) is 3. The molecule has 1 aromatic rings. The topological polar surface area (TPSA) is 38.7 Å². The molecule has 0 aromatic heterocycles. The van der Waals surface area contributed by atoms with Crippen LogP contribution in [0.5, 0.6) is 11.5 Å². The summed E-state index contributed by atoms with van der Waals surface area (Å²) in [6.07, 6.45) is 5.02. The summed E-state index contributed by atoms with van der Waals surface area (Å²) < 4.78 is 10.9. The molecule has 0 atom stereocenters. The Hall–Kier alpha value is -1.22. The molecule has 0 aliphatic heterocycles. The van der Waals surface area contributed by atoms with Crippen molar-refractivity contribution in [2.75, 3.05) is 14.2 Å². The van der Waals surface area contributed by atoms with Gasteiger partial charge >= 0.3 is 0 Å². The van der Waals surface area contributed by atoms with Gasteiger partial charge in [0.15, 0.2) is 0 Å². The minimum atomic E-state index is -0.0873. The third kappa shape index (κ3) is 3.21. The van der Waals surface area contributed by atoms with Crippen molar-refractivity contribution < 1.29 is 14.6 Å². The van der Waals surface area contributed by atoms with Gasteiger partial charge < -0.3 is 14.6 Å². The lowest BCUT2D eigenvalue weighted by molar-refractivity contribution is 0.108. The minimum Gasteiger partial charge on any atom is -0.496 e. The van der Waals surface area contributed by atoms with Crippen LogP contribution in [0.3, 0.4) is 0 Å². The second kappa shape index (κ2) is 6.29. The van der Waals surface area contributed by atoms with Crippen LogP contribution >= 0.6 is 0 Å². The van der Waals surface area contributed by atoms with Crippen molar-refractivity contribution in [2.24, 2.45) is 5.92 Å². The van der Waals surface area contributed by atoms with E-state index in [4.69, 9.17) is 9.47 Å². The molecule has 106 valence electrons. The number of aliphatic hydroxyl groups excluding tert-OH is 1. The van der Waals surface area contributed by atoms with Gasteiger partial charge in [-0.1, -0.05) is 6.07 Å². The lowest BCUT2D eigenvalue weighted by Crippen LogP contribution is -2.19. The first kappa shape index (κ1) is 14.2. The SMILES string of the molecule is COc1ccc(CC2CCC(O)CC2)c(OC)c1C. The van der Waals surface area contributed by atoms with Gasteiger partial charge in [0, 0.05) is 5.56 Å². The highest BCUT2D eigenvalue weighted by Gasteiger charge is 2.21. The quantitative estimate of drug-likeness (QED) is 0.908. The Morgan fingerprint density at radius 2 is 1.79 bits per heavy atom. The van der Waals surface area contributed by atoms with Crippen LogP contribution in [0.15, 0.2) is 12.1 Å². The van der Waals surface area contributed by atoms with Crippen molar-refractivity contribution in [1.82, 2.24) is 0 Å². The second-order valence-corrected chi connectivity index (χ2v) is 5.46. The van der Waals surface area contributed by atoms with E-state index in [2.05, 4.69) is 6.07 Å². The summed E-state index contributed by atoms with van der Waals surface area (Å²) in [5.41, 5.74) is 2.32. The molecule has 1 fully saturated rings. The fraction of sp³-hybridized carbons (Fsp3) is 0.625. The molecule has 1 saturated carbocycles. The molecule has 1 aromatic carbocycles. The lowest BCUT2D eigenvalue weighted by atomic mass is 9.83. The summed E-state index contributed by atoms with van der Waals surface area (Å²) in [5, 5.41) is 9.56. The third-order valence-electron chi connectivity index (χ3n) is 4.19. The second-order valence-electron chi connectivity index (χ2n) is 5.46. The summed E-state index contributed by atoms with van der Waals surface area (Å²) >= 11 is 0. The Morgan fingerprint density at radius 3 is 2.37 bits per heavy atom. The Bertz CT molecular complexity index is 420. The Labute approximate surface area is 115 Å². The van der Waals surface area contributed by atoms with E-state index in [1.54, 1.807) is 14.2 Å². The molecule has 1 aliphatic carbocycles. The zero-order chi connectivity index (χ0) is 13.8. The monoisotopic (exact) mass is 264 g/mol. The predicted molar refractivity (Wildman–Crippen MR) is 76.0 cm³/mol. The molecule has 3 nitrogen and oxygen atoms in total. The lowest BCUT2D eigenvalue weighted by Gasteiger charge is -2.26.